The van der Waals surface area contributed by atoms with Gasteiger partial charge in [0.2, 0.25) is 5.95 Å². The van der Waals surface area contributed by atoms with Crippen molar-refractivity contribution in [2.75, 3.05) is 29.6 Å². The third-order valence-electron chi connectivity index (χ3n) is 6.83. The standard InChI is InChI=1S/C28H38N6S/c1-6-19-10-9-12-22(18(2)3)25(19)32-28(35)30-21-16-14-20(15-17-21)29-27-31-24-13-8-7-11-23(24)26(33-27)34(4)5/h7-13,18,20-21H,6,14-17H2,1-5H3,(H,29,31,33)(H2,30,32,35)/t20-,21+. The van der Waals surface area contributed by atoms with Crippen molar-refractivity contribution in [2.24, 2.45) is 0 Å². The molecule has 1 aromatic heterocycles. The van der Waals surface area contributed by atoms with Gasteiger partial charge in [-0.05, 0) is 73.5 Å². The summed E-state index contributed by atoms with van der Waals surface area (Å²) in [5, 5.41) is 12.5. The number of anilines is 3. The highest BCUT2D eigenvalue weighted by atomic mass is 32.1. The first-order chi connectivity index (χ1) is 16.9. The van der Waals surface area contributed by atoms with Crippen LogP contribution >= 0.6 is 12.2 Å². The van der Waals surface area contributed by atoms with Crippen LogP contribution in [0.25, 0.3) is 10.9 Å². The van der Waals surface area contributed by atoms with Crippen molar-refractivity contribution in [3.05, 3.63) is 53.6 Å². The molecule has 1 aliphatic rings. The van der Waals surface area contributed by atoms with Crippen molar-refractivity contribution >= 4 is 45.7 Å². The summed E-state index contributed by atoms with van der Waals surface area (Å²) in [6.45, 7) is 6.65. The Morgan fingerprint density at radius 3 is 2.40 bits per heavy atom. The lowest BCUT2D eigenvalue weighted by atomic mass is 9.91. The molecular formula is C28H38N6S. The maximum atomic E-state index is 5.73. The lowest BCUT2D eigenvalue weighted by Gasteiger charge is -2.31. The summed E-state index contributed by atoms with van der Waals surface area (Å²) in [4.78, 5) is 11.6. The van der Waals surface area contributed by atoms with Gasteiger partial charge in [-0.15, -0.1) is 0 Å². The lowest BCUT2D eigenvalue weighted by Crippen LogP contribution is -2.42. The Morgan fingerprint density at radius 1 is 1.00 bits per heavy atom. The molecule has 0 radical (unpaired) electrons. The molecule has 0 amide bonds. The third-order valence-corrected chi connectivity index (χ3v) is 7.05. The number of hydrogen-bond acceptors (Lipinski definition) is 5. The van der Waals surface area contributed by atoms with E-state index in [1.54, 1.807) is 0 Å². The van der Waals surface area contributed by atoms with E-state index in [9.17, 15) is 0 Å². The number of rotatable bonds is 7. The first-order valence-corrected chi connectivity index (χ1v) is 13.2. The summed E-state index contributed by atoms with van der Waals surface area (Å²) in [5.41, 5.74) is 4.76. The average molecular weight is 491 g/mol. The summed E-state index contributed by atoms with van der Waals surface area (Å²) < 4.78 is 0. The van der Waals surface area contributed by atoms with E-state index in [2.05, 4.69) is 61.0 Å². The first kappa shape index (κ1) is 25.2. The Hall–Kier alpha value is -2.93. The Kier molecular flexibility index (Phi) is 8.06. The second kappa shape index (κ2) is 11.2. The number of nitrogens with one attached hydrogen (secondary N) is 3. The molecule has 1 fully saturated rings. The van der Waals surface area contributed by atoms with Crippen LogP contribution in [-0.4, -0.2) is 41.3 Å². The molecule has 7 heteroatoms. The van der Waals surface area contributed by atoms with Crippen LogP contribution in [0.3, 0.4) is 0 Å². The predicted octanol–water partition coefficient (Wildman–Crippen LogP) is 6.09. The number of aryl methyl sites for hydroxylation is 1. The van der Waals surface area contributed by atoms with Crippen molar-refractivity contribution in [3.63, 3.8) is 0 Å². The second-order valence-electron chi connectivity index (χ2n) is 9.96. The summed E-state index contributed by atoms with van der Waals surface area (Å²) in [5.74, 6) is 2.09. The van der Waals surface area contributed by atoms with Crippen LogP contribution in [-0.2, 0) is 6.42 Å². The van der Waals surface area contributed by atoms with E-state index in [1.165, 1.54) is 16.8 Å². The molecule has 3 N–H and O–H groups in total. The minimum Gasteiger partial charge on any atom is -0.362 e. The Balaban J connectivity index is 1.35. The highest BCUT2D eigenvalue weighted by Gasteiger charge is 2.23. The van der Waals surface area contributed by atoms with Crippen LogP contribution in [0.2, 0.25) is 0 Å². The monoisotopic (exact) mass is 490 g/mol. The van der Waals surface area contributed by atoms with E-state index in [-0.39, 0.29) is 0 Å². The molecule has 4 rings (SSSR count). The van der Waals surface area contributed by atoms with Crippen molar-refractivity contribution in [1.29, 1.82) is 0 Å². The molecule has 6 nitrogen and oxygen atoms in total. The fourth-order valence-corrected chi connectivity index (χ4v) is 5.18. The van der Waals surface area contributed by atoms with Crippen LogP contribution in [0.15, 0.2) is 42.5 Å². The number of nitrogens with zero attached hydrogens (tertiary/aromatic N) is 3. The molecule has 186 valence electrons. The smallest absolute Gasteiger partial charge is 0.225 e. The van der Waals surface area contributed by atoms with Crippen LogP contribution < -0.4 is 20.9 Å². The number of aromatic nitrogens is 2. The Bertz CT molecular complexity index is 1170. The zero-order valence-electron chi connectivity index (χ0n) is 21.6. The Morgan fingerprint density at radius 2 is 1.71 bits per heavy atom. The number of benzene rings is 2. The van der Waals surface area contributed by atoms with Gasteiger partial charge in [0.15, 0.2) is 5.11 Å². The molecule has 0 saturated heterocycles. The maximum Gasteiger partial charge on any atom is 0.225 e. The third kappa shape index (κ3) is 6.01. The highest BCUT2D eigenvalue weighted by Crippen LogP contribution is 2.29. The number of fused-ring (bicyclic) bond motifs is 1. The van der Waals surface area contributed by atoms with E-state index in [0.717, 1.165) is 53.9 Å². The molecule has 2 aromatic carbocycles. The van der Waals surface area contributed by atoms with Crippen molar-refractivity contribution in [2.45, 2.75) is 70.9 Å². The van der Waals surface area contributed by atoms with Crippen molar-refractivity contribution < 1.29 is 0 Å². The highest BCUT2D eigenvalue weighted by molar-refractivity contribution is 7.80. The predicted molar refractivity (Wildman–Crippen MR) is 153 cm³/mol. The minimum atomic E-state index is 0.360. The molecule has 0 bridgehead atoms. The number of hydrogen-bond donors (Lipinski definition) is 3. The van der Waals surface area contributed by atoms with Gasteiger partial charge in [0.25, 0.3) is 0 Å². The summed E-state index contributed by atoms with van der Waals surface area (Å²) in [6.07, 6.45) is 5.20. The van der Waals surface area contributed by atoms with Gasteiger partial charge in [-0.3, -0.25) is 0 Å². The van der Waals surface area contributed by atoms with E-state index in [4.69, 9.17) is 22.2 Å². The van der Waals surface area contributed by atoms with Gasteiger partial charge in [0, 0.05) is 37.3 Å². The molecule has 0 aliphatic heterocycles. The fraction of sp³-hybridized carbons (Fsp3) is 0.464. The molecular weight excluding hydrogens is 452 g/mol. The van der Waals surface area contributed by atoms with Gasteiger partial charge in [0.1, 0.15) is 5.82 Å². The van der Waals surface area contributed by atoms with Gasteiger partial charge in [-0.1, -0.05) is 51.1 Å². The molecule has 3 aromatic rings. The zero-order valence-corrected chi connectivity index (χ0v) is 22.4. The number of para-hydroxylation sites is 2. The van der Waals surface area contributed by atoms with Gasteiger partial charge in [0.05, 0.1) is 5.52 Å². The largest absolute Gasteiger partial charge is 0.362 e. The molecule has 0 spiro atoms. The summed E-state index contributed by atoms with van der Waals surface area (Å²) in [6, 6.07) is 15.4. The van der Waals surface area contributed by atoms with Crippen molar-refractivity contribution in [3.8, 4) is 0 Å². The fourth-order valence-electron chi connectivity index (χ4n) is 4.91. The molecule has 1 saturated carbocycles. The van der Waals surface area contributed by atoms with Crippen LogP contribution in [0.5, 0.6) is 0 Å². The minimum absolute atomic E-state index is 0.360. The summed E-state index contributed by atoms with van der Waals surface area (Å²) >= 11 is 5.73. The van der Waals surface area contributed by atoms with E-state index >= 15 is 0 Å². The quantitative estimate of drug-likeness (QED) is 0.346. The van der Waals surface area contributed by atoms with Gasteiger partial charge in [-0.25, -0.2) is 4.98 Å². The van der Waals surface area contributed by atoms with Gasteiger partial charge >= 0.3 is 0 Å². The van der Waals surface area contributed by atoms with Crippen LogP contribution in [0, 0.1) is 0 Å². The molecule has 1 heterocycles. The van der Waals surface area contributed by atoms with E-state index < -0.39 is 0 Å². The van der Waals surface area contributed by atoms with Crippen LogP contribution in [0.1, 0.15) is 63.5 Å². The SMILES string of the molecule is CCc1cccc(C(C)C)c1NC(=S)N[C@H]1CC[C@@H](Nc2nc(N(C)C)c3ccccc3n2)CC1. The van der Waals surface area contributed by atoms with E-state index in [0.29, 0.717) is 23.9 Å². The summed E-state index contributed by atoms with van der Waals surface area (Å²) in [7, 11) is 4.05. The average Bonchev–Trinajstić information content (AvgIpc) is 2.84. The number of thiocarbonyl (C=S) groups is 1. The van der Waals surface area contributed by atoms with Gasteiger partial charge < -0.3 is 20.9 Å². The zero-order chi connectivity index (χ0) is 24.9. The normalized spacial score (nSPS) is 17.9. The van der Waals surface area contributed by atoms with Gasteiger partial charge in [-0.2, -0.15) is 4.98 Å². The molecule has 0 unspecified atom stereocenters. The van der Waals surface area contributed by atoms with Crippen molar-refractivity contribution in [1.82, 2.24) is 15.3 Å². The second-order valence-corrected chi connectivity index (χ2v) is 10.4. The Labute approximate surface area is 214 Å². The van der Waals surface area contributed by atoms with Crippen LogP contribution in [0.4, 0.5) is 17.5 Å². The molecule has 35 heavy (non-hydrogen) atoms. The molecule has 1 aliphatic carbocycles. The first-order valence-electron chi connectivity index (χ1n) is 12.8. The lowest BCUT2D eigenvalue weighted by molar-refractivity contribution is 0.387. The topological polar surface area (TPSA) is 65.1 Å². The maximum absolute atomic E-state index is 5.73. The van der Waals surface area contributed by atoms with E-state index in [1.807, 2.05) is 37.2 Å². The molecule has 0 atom stereocenters.